The van der Waals surface area contributed by atoms with Crippen LogP contribution in [0.25, 0.3) is 0 Å². The number of sulfonamides is 1. The maximum absolute atomic E-state index is 11.3. The molecule has 5 heteroatoms. The molecule has 0 spiro atoms. The third kappa shape index (κ3) is 2.77. The van der Waals surface area contributed by atoms with Crippen molar-refractivity contribution in [3.05, 3.63) is 29.8 Å². The predicted octanol–water partition coefficient (Wildman–Crippen LogP) is 0.820. The van der Waals surface area contributed by atoms with Gasteiger partial charge in [0.15, 0.2) is 0 Å². The average Bonchev–Trinajstić information content (AvgIpc) is 2.19. The van der Waals surface area contributed by atoms with Gasteiger partial charge in [-0.25, -0.2) is 13.6 Å². The number of aliphatic hydroxyl groups is 1. The molecule has 0 heterocycles. The normalized spacial score (nSPS) is 13.8. The van der Waals surface area contributed by atoms with E-state index in [1.165, 1.54) is 6.07 Å². The standard InChI is InChI=1S/C10H15NO3S/c1-2-8(7-12)9-5-3-4-6-10(9)15(11,13)14/h3-6,8,12H,2,7H2,1H3,(H2,11,13,14)/t8-/m1/s1. The summed E-state index contributed by atoms with van der Waals surface area (Å²) in [6.07, 6.45) is 0.670. The molecule has 0 amide bonds. The fourth-order valence-corrected chi connectivity index (χ4v) is 2.36. The molecule has 0 radical (unpaired) electrons. The molecule has 0 saturated heterocycles. The third-order valence-corrected chi connectivity index (χ3v) is 3.36. The second-order valence-corrected chi connectivity index (χ2v) is 4.90. The number of primary sulfonamides is 1. The van der Waals surface area contributed by atoms with E-state index in [2.05, 4.69) is 0 Å². The third-order valence-electron chi connectivity index (χ3n) is 2.38. The molecule has 1 aromatic carbocycles. The largest absolute Gasteiger partial charge is 0.396 e. The maximum atomic E-state index is 11.3. The van der Waals surface area contributed by atoms with E-state index in [-0.39, 0.29) is 17.4 Å². The van der Waals surface area contributed by atoms with Crippen molar-refractivity contribution in [1.29, 1.82) is 0 Å². The van der Waals surface area contributed by atoms with Crippen LogP contribution in [0.15, 0.2) is 29.2 Å². The fraction of sp³-hybridized carbons (Fsp3) is 0.400. The molecule has 0 unspecified atom stereocenters. The number of benzene rings is 1. The first kappa shape index (κ1) is 12.2. The number of rotatable bonds is 4. The van der Waals surface area contributed by atoms with E-state index in [1.807, 2.05) is 6.92 Å². The Hall–Kier alpha value is -0.910. The van der Waals surface area contributed by atoms with Gasteiger partial charge in [0.05, 0.1) is 4.90 Å². The molecule has 3 N–H and O–H groups in total. The summed E-state index contributed by atoms with van der Waals surface area (Å²) < 4.78 is 22.6. The quantitative estimate of drug-likeness (QED) is 0.802. The van der Waals surface area contributed by atoms with Gasteiger partial charge in [0.25, 0.3) is 0 Å². The number of nitrogens with two attached hydrogens (primary N) is 1. The smallest absolute Gasteiger partial charge is 0.238 e. The second kappa shape index (κ2) is 4.74. The first-order valence-corrected chi connectivity index (χ1v) is 6.28. The fourth-order valence-electron chi connectivity index (χ4n) is 1.52. The van der Waals surface area contributed by atoms with Crippen molar-refractivity contribution < 1.29 is 13.5 Å². The molecule has 1 aromatic rings. The zero-order chi connectivity index (χ0) is 11.5. The highest BCUT2D eigenvalue weighted by atomic mass is 32.2. The molecule has 0 aromatic heterocycles. The molecular formula is C10H15NO3S. The van der Waals surface area contributed by atoms with Crippen LogP contribution in [0, 0.1) is 0 Å². The van der Waals surface area contributed by atoms with Crippen LogP contribution in [0.2, 0.25) is 0 Å². The molecule has 1 atom stereocenters. The summed E-state index contributed by atoms with van der Waals surface area (Å²) in [5.41, 5.74) is 0.588. The minimum Gasteiger partial charge on any atom is -0.396 e. The lowest BCUT2D eigenvalue weighted by molar-refractivity contribution is 0.261. The van der Waals surface area contributed by atoms with Crippen molar-refractivity contribution in [2.45, 2.75) is 24.2 Å². The summed E-state index contributed by atoms with van der Waals surface area (Å²) in [6.45, 7) is 1.81. The molecule has 0 fully saturated rings. The van der Waals surface area contributed by atoms with E-state index in [0.29, 0.717) is 12.0 Å². The molecule has 0 aliphatic heterocycles. The van der Waals surface area contributed by atoms with E-state index < -0.39 is 10.0 Å². The summed E-state index contributed by atoms with van der Waals surface area (Å²) in [5.74, 6) is -0.181. The van der Waals surface area contributed by atoms with Crippen LogP contribution in [0.1, 0.15) is 24.8 Å². The highest BCUT2D eigenvalue weighted by Crippen LogP contribution is 2.25. The molecule has 15 heavy (non-hydrogen) atoms. The van der Waals surface area contributed by atoms with Crippen molar-refractivity contribution in [3.63, 3.8) is 0 Å². The topological polar surface area (TPSA) is 80.4 Å². The minimum atomic E-state index is -3.71. The van der Waals surface area contributed by atoms with Crippen molar-refractivity contribution in [1.82, 2.24) is 0 Å². The van der Waals surface area contributed by atoms with E-state index in [9.17, 15) is 8.42 Å². The van der Waals surface area contributed by atoms with Gasteiger partial charge >= 0.3 is 0 Å². The van der Waals surface area contributed by atoms with Gasteiger partial charge in [-0.15, -0.1) is 0 Å². The summed E-state index contributed by atoms with van der Waals surface area (Å²) in [7, 11) is -3.71. The lowest BCUT2D eigenvalue weighted by Crippen LogP contribution is -2.17. The van der Waals surface area contributed by atoms with Crippen LogP contribution >= 0.6 is 0 Å². The highest BCUT2D eigenvalue weighted by Gasteiger charge is 2.18. The van der Waals surface area contributed by atoms with E-state index in [0.717, 1.165) is 0 Å². The van der Waals surface area contributed by atoms with Gasteiger partial charge in [-0.3, -0.25) is 0 Å². The Kier molecular flexibility index (Phi) is 3.84. The number of hydrogen-bond donors (Lipinski definition) is 2. The zero-order valence-corrected chi connectivity index (χ0v) is 9.37. The molecule has 0 bridgehead atoms. The monoisotopic (exact) mass is 229 g/mol. The van der Waals surface area contributed by atoms with Crippen molar-refractivity contribution in [2.24, 2.45) is 5.14 Å². The Labute approximate surface area is 89.8 Å². The van der Waals surface area contributed by atoms with Crippen molar-refractivity contribution >= 4 is 10.0 Å². The second-order valence-electron chi connectivity index (χ2n) is 3.37. The van der Waals surface area contributed by atoms with Crippen molar-refractivity contribution in [2.75, 3.05) is 6.61 Å². The van der Waals surface area contributed by atoms with Gasteiger partial charge in [0.2, 0.25) is 10.0 Å². The van der Waals surface area contributed by atoms with E-state index in [1.54, 1.807) is 18.2 Å². The molecule has 0 aliphatic rings. The number of hydrogen-bond acceptors (Lipinski definition) is 3. The predicted molar refractivity (Wildman–Crippen MR) is 57.9 cm³/mol. The van der Waals surface area contributed by atoms with Crippen LogP contribution in [0.4, 0.5) is 0 Å². The van der Waals surface area contributed by atoms with Gasteiger partial charge in [0.1, 0.15) is 0 Å². The Bertz CT molecular complexity index is 424. The molecule has 84 valence electrons. The summed E-state index contributed by atoms with van der Waals surface area (Å²) in [4.78, 5) is 0.103. The summed E-state index contributed by atoms with van der Waals surface area (Å²) in [5, 5.41) is 14.2. The van der Waals surface area contributed by atoms with Crippen LogP contribution in [0.5, 0.6) is 0 Å². The van der Waals surface area contributed by atoms with Crippen LogP contribution < -0.4 is 5.14 Å². The molecular weight excluding hydrogens is 214 g/mol. The zero-order valence-electron chi connectivity index (χ0n) is 8.55. The first-order valence-electron chi connectivity index (χ1n) is 4.73. The van der Waals surface area contributed by atoms with Gasteiger partial charge < -0.3 is 5.11 Å². The molecule has 0 aliphatic carbocycles. The number of aliphatic hydroxyl groups excluding tert-OH is 1. The lowest BCUT2D eigenvalue weighted by Gasteiger charge is -2.15. The van der Waals surface area contributed by atoms with Gasteiger partial charge in [-0.1, -0.05) is 25.1 Å². The van der Waals surface area contributed by atoms with Gasteiger partial charge in [-0.2, -0.15) is 0 Å². The van der Waals surface area contributed by atoms with E-state index in [4.69, 9.17) is 10.2 Å². The lowest BCUT2D eigenvalue weighted by atomic mass is 9.97. The SMILES string of the molecule is CC[C@H](CO)c1ccccc1S(N)(=O)=O. The Morgan fingerprint density at radius 2 is 2.00 bits per heavy atom. The molecule has 4 nitrogen and oxygen atoms in total. The average molecular weight is 229 g/mol. The van der Waals surface area contributed by atoms with E-state index >= 15 is 0 Å². The van der Waals surface area contributed by atoms with Gasteiger partial charge in [-0.05, 0) is 18.1 Å². The highest BCUT2D eigenvalue weighted by molar-refractivity contribution is 7.89. The maximum Gasteiger partial charge on any atom is 0.238 e. The molecule has 1 rings (SSSR count). The summed E-state index contributed by atoms with van der Waals surface area (Å²) in [6, 6.07) is 6.50. The summed E-state index contributed by atoms with van der Waals surface area (Å²) >= 11 is 0. The minimum absolute atomic E-state index is 0.0803. The Balaban J connectivity index is 3.29. The Morgan fingerprint density at radius 3 is 2.47 bits per heavy atom. The molecule has 0 saturated carbocycles. The van der Waals surface area contributed by atoms with Gasteiger partial charge in [0, 0.05) is 12.5 Å². The first-order chi connectivity index (χ1) is 7.00. The van der Waals surface area contributed by atoms with Crippen LogP contribution in [-0.4, -0.2) is 20.1 Å². The van der Waals surface area contributed by atoms with Crippen LogP contribution in [-0.2, 0) is 10.0 Å². The Morgan fingerprint density at radius 1 is 1.40 bits per heavy atom. The van der Waals surface area contributed by atoms with Crippen LogP contribution in [0.3, 0.4) is 0 Å². The van der Waals surface area contributed by atoms with Crippen molar-refractivity contribution in [3.8, 4) is 0 Å².